The third kappa shape index (κ3) is 6.77. The van der Waals surface area contributed by atoms with Gasteiger partial charge in [0.05, 0.1) is 6.61 Å². The van der Waals surface area contributed by atoms with Gasteiger partial charge in [0.1, 0.15) is 0 Å². The van der Waals surface area contributed by atoms with Crippen LogP contribution in [-0.2, 0) is 11.2 Å². The number of ether oxygens (including phenoxy) is 1. The molecular weight excluding hydrogens is 425 g/mol. The summed E-state index contributed by atoms with van der Waals surface area (Å²) in [5.74, 6) is 1.63. The van der Waals surface area contributed by atoms with E-state index in [0.717, 1.165) is 51.6 Å². The van der Waals surface area contributed by atoms with Gasteiger partial charge in [-0.3, -0.25) is 4.99 Å². The molecule has 2 rings (SSSR count). The van der Waals surface area contributed by atoms with Crippen LogP contribution in [0.3, 0.4) is 0 Å². The SMILES string of the molecule is CCNC(=NCCc1c(C)cc(C)cc1C)N(C)CC1CCOC1.I. The first kappa shape index (κ1) is 22.2. The summed E-state index contributed by atoms with van der Waals surface area (Å²) in [6.07, 6.45) is 2.15. The van der Waals surface area contributed by atoms with E-state index in [4.69, 9.17) is 9.73 Å². The number of benzene rings is 1. The second-order valence-electron chi connectivity index (χ2n) is 6.97. The smallest absolute Gasteiger partial charge is 0.193 e. The van der Waals surface area contributed by atoms with Gasteiger partial charge in [-0.25, -0.2) is 0 Å². The average molecular weight is 459 g/mol. The average Bonchev–Trinajstić information content (AvgIpc) is 3.01. The Labute approximate surface area is 170 Å². The molecule has 1 unspecified atom stereocenters. The van der Waals surface area contributed by atoms with Gasteiger partial charge in [-0.15, -0.1) is 24.0 Å². The first-order chi connectivity index (χ1) is 11.5. The number of nitrogens with one attached hydrogen (secondary N) is 1. The fourth-order valence-corrected chi connectivity index (χ4v) is 3.55. The first-order valence-corrected chi connectivity index (χ1v) is 9.15. The van der Waals surface area contributed by atoms with Crippen LogP contribution in [0.1, 0.15) is 35.6 Å². The highest BCUT2D eigenvalue weighted by molar-refractivity contribution is 14.0. The Bertz CT molecular complexity index is 545. The van der Waals surface area contributed by atoms with Gasteiger partial charge in [0.2, 0.25) is 0 Å². The number of hydrogen-bond acceptors (Lipinski definition) is 2. The minimum Gasteiger partial charge on any atom is -0.381 e. The van der Waals surface area contributed by atoms with Gasteiger partial charge in [0.25, 0.3) is 0 Å². The highest BCUT2D eigenvalue weighted by Gasteiger charge is 2.19. The van der Waals surface area contributed by atoms with Crippen LogP contribution >= 0.6 is 24.0 Å². The van der Waals surface area contributed by atoms with Crippen molar-refractivity contribution in [1.29, 1.82) is 0 Å². The lowest BCUT2D eigenvalue weighted by Crippen LogP contribution is -2.41. The van der Waals surface area contributed by atoms with Crippen LogP contribution < -0.4 is 5.32 Å². The Morgan fingerprint density at radius 3 is 2.52 bits per heavy atom. The van der Waals surface area contributed by atoms with Gasteiger partial charge in [0, 0.05) is 39.2 Å². The molecule has 0 bridgehead atoms. The number of rotatable bonds is 6. The second-order valence-corrected chi connectivity index (χ2v) is 6.97. The summed E-state index contributed by atoms with van der Waals surface area (Å²) >= 11 is 0. The first-order valence-electron chi connectivity index (χ1n) is 9.15. The van der Waals surface area contributed by atoms with Crippen LogP contribution in [0.25, 0.3) is 0 Å². The maximum absolute atomic E-state index is 5.49. The lowest BCUT2D eigenvalue weighted by Gasteiger charge is -2.24. The van der Waals surface area contributed by atoms with Crippen molar-refractivity contribution in [1.82, 2.24) is 10.2 Å². The predicted molar refractivity (Wildman–Crippen MR) is 117 cm³/mol. The quantitative estimate of drug-likeness (QED) is 0.401. The molecule has 0 amide bonds. The molecule has 0 aromatic heterocycles. The summed E-state index contributed by atoms with van der Waals surface area (Å²) in [6, 6.07) is 4.53. The molecule has 0 aliphatic carbocycles. The molecule has 0 radical (unpaired) electrons. The predicted octanol–water partition coefficient (Wildman–Crippen LogP) is 3.71. The molecule has 1 saturated heterocycles. The fourth-order valence-electron chi connectivity index (χ4n) is 3.55. The molecule has 1 N–H and O–H groups in total. The lowest BCUT2D eigenvalue weighted by molar-refractivity contribution is 0.181. The minimum absolute atomic E-state index is 0. The number of guanidine groups is 1. The van der Waals surface area contributed by atoms with Crippen molar-refractivity contribution in [2.45, 2.75) is 40.5 Å². The molecule has 5 heteroatoms. The van der Waals surface area contributed by atoms with Crippen molar-refractivity contribution >= 4 is 29.9 Å². The molecule has 142 valence electrons. The number of aliphatic imine (C=N–C) groups is 1. The Morgan fingerprint density at radius 2 is 1.96 bits per heavy atom. The van der Waals surface area contributed by atoms with E-state index in [1.54, 1.807) is 0 Å². The van der Waals surface area contributed by atoms with Crippen LogP contribution in [0.4, 0.5) is 0 Å². The van der Waals surface area contributed by atoms with E-state index in [2.05, 4.69) is 57.1 Å². The number of hydrogen-bond donors (Lipinski definition) is 1. The zero-order valence-electron chi connectivity index (χ0n) is 16.4. The van der Waals surface area contributed by atoms with Crippen molar-refractivity contribution in [3.05, 3.63) is 34.4 Å². The molecule has 1 aliphatic rings. The second kappa shape index (κ2) is 11.0. The van der Waals surface area contributed by atoms with Gasteiger partial charge in [0.15, 0.2) is 5.96 Å². The molecule has 0 spiro atoms. The molecule has 0 saturated carbocycles. The largest absolute Gasteiger partial charge is 0.381 e. The topological polar surface area (TPSA) is 36.9 Å². The number of halogens is 1. The van der Waals surface area contributed by atoms with E-state index in [-0.39, 0.29) is 24.0 Å². The molecule has 1 fully saturated rings. The van der Waals surface area contributed by atoms with E-state index in [0.29, 0.717) is 5.92 Å². The molecule has 1 atom stereocenters. The Kier molecular flexibility index (Phi) is 9.79. The molecule has 4 nitrogen and oxygen atoms in total. The summed E-state index contributed by atoms with van der Waals surface area (Å²) in [7, 11) is 2.13. The van der Waals surface area contributed by atoms with Crippen LogP contribution in [0.5, 0.6) is 0 Å². The Balaban J connectivity index is 0.00000312. The van der Waals surface area contributed by atoms with Crippen molar-refractivity contribution in [3.63, 3.8) is 0 Å². The Hall–Kier alpha value is -0.820. The molecule has 1 heterocycles. The maximum Gasteiger partial charge on any atom is 0.193 e. The Morgan fingerprint density at radius 1 is 1.28 bits per heavy atom. The summed E-state index contributed by atoms with van der Waals surface area (Å²) in [6.45, 7) is 13.2. The summed E-state index contributed by atoms with van der Waals surface area (Å²) in [5, 5.41) is 3.42. The van der Waals surface area contributed by atoms with E-state index < -0.39 is 0 Å². The third-order valence-corrected chi connectivity index (χ3v) is 4.72. The van der Waals surface area contributed by atoms with Crippen LogP contribution in [0, 0.1) is 26.7 Å². The van der Waals surface area contributed by atoms with E-state index in [1.165, 1.54) is 22.3 Å². The normalized spacial score (nSPS) is 17.3. The fraction of sp³-hybridized carbons (Fsp3) is 0.650. The number of nitrogens with zero attached hydrogens (tertiary/aromatic N) is 2. The van der Waals surface area contributed by atoms with Crippen LogP contribution in [0.2, 0.25) is 0 Å². The van der Waals surface area contributed by atoms with Crippen LogP contribution in [0.15, 0.2) is 17.1 Å². The van der Waals surface area contributed by atoms with Crippen molar-refractivity contribution in [2.24, 2.45) is 10.9 Å². The van der Waals surface area contributed by atoms with Crippen molar-refractivity contribution in [3.8, 4) is 0 Å². The van der Waals surface area contributed by atoms with Gasteiger partial charge >= 0.3 is 0 Å². The zero-order valence-corrected chi connectivity index (χ0v) is 18.7. The van der Waals surface area contributed by atoms with Gasteiger partial charge < -0.3 is 15.0 Å². The standard InChI is InChI=1S/C20H33N3O.HI/c1-6-21-20(23(5)13-18-8-10-24-14-18)22-9-7-19-16(3)11-15(2)12-17(19)4;/h11-12,18H,6-10,13-14H2,1-5H3,(H,21,22);1H. The van der Waals surface area contributed by atoms with Gasteiger partial charge in [-0.2, -0.15) is 0 Å². The van der Waals surface area contributed by atoms with E-state index >= 15 is 0 Å². The van der Waals surface area contributed by atoms with Crippen LogP contribution in [-0.4, -0.2) is 50.8 Å². The molecule has 1 aliphatic heterocycles. The molecule has 1 aromatic carbocycles. The summed E-state index contributed by atoms with van der Waals surface area (Å²) in [4.78, 5) is 7.09. The highest BCUT2D eigenvalue weighted by Crippen LogP contribution is 2.17. The van der Waals surface area contributed by atoms with E-state index in [1.807, 2.05) is 0 Å². The molecule has 25 heavy (non-hydrogen) atoms. The minimum atomic E-state index is 0. The highest BCUT2D eigenvalue weighted by atomic mass is 127. The lowest BCUT2D eigenvalue weighted by atomic mass is 9.97. The maximum atomic E-state index is 5.49. The van der Waals surface area contributed by atoms with Crippen molar-refractivity contribution in [2.75, 3.05) is 39.9 Å². The van der Waals surface area contributed by atoms with E-state index in [9.17, 15) is 0 Å². The third-order valence-electron chi connectivity index (χ3n) is 4.72. The van der Waals surface area contributed by atoms with Gasteiger partial charge in [-0.05, 0) is 57.2 Å². The number of aryl methyl sites for hydroxylation is 3. The van der Waals surface area contributed by atoms with Gasteiger partial charge in [-0.1, -0.05) is 17.7 Å². The molecule has 1 aromatic rings. The molecular formula is C20H34IN3O. The summed E-state index contributed by atoms with van der Waals surface area (Å²) < 4.78 is 5.49. The zero-order chi connectivity index (χ0) is 17.5. The summed E-state index contributed by atoms with van der Waals surface area (Å²) in [5.41, 5.74) is 5.53. The monoisotopic (exact) mass is 459 g/mol. The van der Waals surface area contributed by atoms with Crippen molar-refractivity contribution < 1.29 is 4.74 Å².